The maximum atomic E-state index is 12.8. The molecule has 0 radical (unpaired) electrons. The van der Waals surface area contributed by atoms with Crippen molar-refractivity contribution in [1.29, 1.82) is 0 Å². The highest BCUT2D eigenvalue weighted by Crippen LogP contribution is 2.33. The summed E-state index contributed by atoms with van der Waals surface area (Å²) in [4.78, 5) is 3.76. The number of nitrogens with zero attached hydrogens (tertiary/aromatic N) is 1. The Kier molecular flexibility index (Phi) is 5.55. The van der Waals surface area contributed by atoms with E-state index in [0.29, 0.717) is 6.61 Å². The zero-order chi connectivity index (χ0) is 13.6. The topological polar surface area (TPSA) is 34.1 Å². The van der Waals surface area contributed by atoms with Gasteiger partial charge in [-0.2, -0.15) is 13.2 Å². The average molecular weight is 262 g/mol. The van der Waals surface area contributed by atoms with Gasteiger partial charge < -0.3 is 10.1 Å². The zero-order valence-corrected chi connectivity index (χ0v) is 10.4. The largest absolute Gasteiger partial charge is 0.416 e. The summed E-state index contributed by atoms with van der Waals surface area (Å²) in [7, 11) is 1.60. The summed E-state index contributed by atoms with van der Waals surface area (Å²) in [5.74, 6) is 0. The number of ether oxygens (including phenoxy) is 1. The van der Waals surface area contributed by atoms with Gasteiger partial charge in [0.2, 0.25) is 0 Å². The van der Waals surface area contributed by atoms with E-state index in [1.165, 1.54) is 6.20 Å². The van der Waals surface area contributed by atoms with E-state index in [-0.39, 0.29) is 12.2 Å². The van der Waals surface area contributed by atoms with Crippen molar-refractivity contribution in [3.05, 3.63) is 29.6 Å². The molecule has 102 valence electrons. The Labute approximate surface area is 104 Å². The van der Waals surface area contributed by atoms with E-state index in [4.69, 9.17) is 4.74 Å². The number of rotatable bonds is 6. The molecule has 0 aliphatic rings. The number of hydrogen-bond acceptors (Lipinski definition) is 3. The summed E-state index contributed by atoms with van der Waals surface area (Å²) >= 11 is 0. The molecule has 0 aromatic carbocycles. The Morgan fingerprint density at radius 2 is 2.17 bits per heavy atom. The van der Waals surface area contributed by atoms with Gasteiger partial charge in [0.15, 0.2) is 0 Å². The van der Waals surface area contributed by atoms with Crippen molar-refractivity contribution in [2.45, 2.75) is 25.6 Å². The van der Waals surface area contributed by atoms with Crippen LogP contribution in [0.1, 0.15) is 30.5 Å². The molecule has 0 saturated heterocycles. The maximum Gasteiger partial charge on any atom is 0.416 e. The molecule has 1 unspecified atom stereocenters. The standard InChI is InChI=1S/C12H17F3N2O/c1-3-6-18-8-11(16-2)9-7-17-5-4-10(9)12(13,14)15/h4-5,7,11,16H,3,6,8H2,1-2H3. The van der Waals surface area contributed by atoms with E-state index >= 15 is 0 Å². The van der Waals surface area contributed by atoms with Gasteiger partial charge in [0, 0.05) is 24.6 Å². The van der Waals surface area contributed by atoms with Crippen molar-refractivity contribution >= 4 is 0 Å². The molecule has 6 heteroatoms. The van der Waals surface area contributed by atoms with Gasteiger partial charge in [-0.15, -0.1) is 0 Å². The summed E-state index contributed by atoms with van der Waals surface area (Å²) in [6.45, 7) is 2.67. The smallest absolute Gasteiger partial charge is 0.379 e. The Morgan fingerprint density at radius 3 is 2.72 bits per heavy atom. The molecule has 1 aromatic rings. The van der Waals surface area contributed by atoms with Crippen molar-refractivity contribution in [1.82, 2.24) is 10.3 Å². The first kappa shape index (κ1) is 14.9. The molecule has 0 fully saturated rings. The minimum absolute atomic E-state index is 0.114. The van der Waals surface area contributed by atoms with E-state index in [1.807, 2.05) is 6.92 Å². The number of pyridine rings is 1. The van der Waals surface area contributed by atoms with Crippen LogP contribution in [0.15, 0.2) is 18.5 Å². The Balaban J connectivity index is 2.91. The fourth-order valence-electron chi connectivity index (χ4n) is 1.62. The SMILES string of the molecule is CCCOCC(NC)c1cnccc1C(F)(F)F. The van der Waals surface area contributed by atoms with Crippen LogP contribution in [0.2, 0.25) is 0 Å². The minimum atomic E-state index is -4.38. The lowest BCUT2D eigenvalue weighted by Crippen LogP contribution is -2.25. The van der Waals surface area contributed by atoms with Gasteiger partial charge in [-0.3, -0.25) is 4.98 Å². The molecule has 1 rings (SSSR count). The van der Waals surface area contributed by atoms with Gasteiger partial charge in [-0.1, -0.05) is 6.92 Å². The van der Waals surface area contributed by atoms with Crippen LogP contribution < -0.4 is 5.32 Å². The molecule has 0 amide bonds. The monoisotopic (exact) mass is 262 g/mol. The van der Waals surface area contributed by atoms with Gasteiger partial charge >= 0.3 is 6.18 Å². The van der Waals surface area contributed by atoms with Crippen LogP contribution in [-0.2, 0) is 10.9 Å². The second kappa shape index (κ2) is 6.70. The predicted octanol–water partition coefficient (Wildman–Crippen LogP) is 2.79. The van der Waals surface area contributed by atoms with Gasteiger partial charge in [0.05, 0.1) is 18.2 Å². The van der Waals surface area contributed by atoms with Gasteiger partial charge in [-0.05, 0) is 19.5 Å². The van der Waals surface area contributed by atoms with E-state index in [0.717, 1.165) is 18.7 Å². The Hall–Kier alpha value is -1.14. The van der Waals surface area contributed by atoms with Crippen molar-refractivity contribution in [2.75, 3.05) is 20.3 Å². The molecule has 1 aromatic heterocycles. The molecule has 0 bridgehead atoms. The van der Waals surface area contributed by atoms with Crippen molar-refractivity contribution < 1.29 is 17.9 Å². The number of likely N-dealkylation sites (N-methyl/N-ethyl adjacent to an activating group) is 1. The number of alkyl halides is 3. The van der Waals surface area contributed by atoms with Crippen LogP contribution in [0.5, 0.6) is 0 Å². The molecule has 1 N–H and O–H groups in total. The average Bonchev–Trinajstić information content (AvgIpc) is 2.34. The normalized spacial score (nSPS) is 13.6. The Bertz CT molecular complexity index is 369. The fourth-order valence-corrected chi connectivity index (χ4v) is 1.62. The van der Waals surface area contributed by atoms with E-state index in [2.05, 4.69) is 10.3 Å². The fraction of sp³-hybridized carbons (Fsp3) is 0.583. The van der Waals surface area contributed by atoms with Crippen LogP contribution in [0.4, 0.5) is 13.2 Å². The highest BCUT2D eigenvalue weighted by molar-refractivity contribution is 5.29. The number of halogens is 3. The summed E-state index contributed by atoms with van der Waals surface area (Å²) in [6, 6.07) is 0.473. The highest BCUT2D eigenvalue weighted by atomic mass is 19.4. The molecule has 0 spiro atoms. The van der Waals surface area contributed by atoms with Crippen LogP contribution in [0, 0.1) is 0 Å². The van der Waals surface area contributed by atoms with Crippen molar-refractivity contribution in [3.63, 3.8) is 0 Å². The second-order valence-corrected chi connectivity index (χ2v) is 3.88. The number of aromatic nitrogens is 1. The zero-order valence-electron chi connectivity index (χ0n) is 10.4. The van der Waals surface area contributed by atoms with Crippen molar-refractivity contribution in [3.8, 4) is 0 Å². The molecule has 1 atom stereocenters. The third-order valence-corrected chi connectivity index (χ3v) is 2.51. The van der Waals surface area contributed by atoms with E-state index in [9.17, 15) is 13.2 Å². The summed E-state index contributed by atoms with van der Waals surface area (Å²) in [5, 5.41) is 2.82. The highest BCUT2D eigenvalue weighted by Gasteiger charge is 2.35. The lowest BCUT2D eigenvalue weighted by molar-refractivity contribution is -0.138. The molecular weight excluding hydrogens is 245 g/mol. The molecule has 18 heavy (non-hydrogen) atoms. The van der Waals surface area contributed by atoms with E-state index in [1.54, 1.807) is 7.05 Å². The maximum absolute atomic E-state index is 12.8. The van der Waals surface area contributed by atoms with Crippen LogP contribution in [0.25, 0.3) is 0 Å². The van der Waals surface area contributed by atoms with Gasteiger partial charge in [-0.25, -0.2) is 0 Å². The minimum Gasteiger partial charge on any atom is -0.379 e. The van der Waals surface area contributed by atoms with Crippen LogP contribution in [-0.4, -0.2) is 25.2 Å². The van der Waals surface area contributed by atoms with Gasteiger partial charge in [0.1, 0.15) is 0 Å². The molecule has 0 aliphatic heterocycles. The third-order valence-electron chi connectivity index (χ3n) is 2.51. The summed E-state index contributed by atoms with van der Waals surface area (Å²) in [5.41, 5.74) is -0.555. The number of nitrogens with one attached hydrogen (secondary N) is 1. The molecule has 0 saturated carbocycles. The quantitative estimate of drug-likeness (QED) is 0.800. The lowest BCUT2D eigenvalue weighted by Gasteiger charge is -2.20. The molecule has 0 aliphatic carbocycles. The van der Waals surface area contributed by atoms with E-state index < -0.39 is 17.8 Å². The lowest BCUT2D eigenvalue weighted by atomic mass is 10.0. The first-order valence-corrected chi connectivity index (χ1v) is 5.76. The molecule has 3 nitrogen and oxygen atoms in total. The van der Waals surface area contributed by atoms with Crippen LogP contribution >= 0.6 is 0 Å². The molecule has 1 heterocycles. The molecular formula is C12H17F3N2O. The van der Waals surface area contributed by atoms with Crippen molar-refractivity contribution in [2.24, 2.45) is 0 Å². The van der Waals surface area contributed by atoms with Crippen LogP contribution in [0.3, 0.4) is 0 Å². The first-order chi connectivity index (χ1) is 8.50. The predicted molar refractivity (Wildman–Crippen MR) is 62.1 cm³/mol. The Morgan fingerprint density at radius 1 is 1.44 bits per heavy atom. The van der Waals surface area contributed by atoms with Gasteiger partial charge in [0.25, 0.3) is 0 Å². The number of hydrogen-bond donors (Lipinski definition) is 1. The third kappa shape index (κ3) is 3.96. The summed E-state index contributed by atoms with van der Waals surface area (Å²) in [6.07, 6.45) is -1.17. The second-order valence-electron chi connectivity index (χ2n) is 3.88. The summed E-state index contributed by atoms with van der Waals surface area (Å²) < 4.78 is 43.8. The first-order valence-electron chi connectivity index (χ1n) is 5.76.